The normalized spacial score (nSPS) is 11.6. The highest BCUT2D eigenvalue weighted by molar-refractivity contribution is 6.06. The third kappa shape index (κ3) is 6.43. The van der Waals surface area contributed by atoms with Crippen molar-refractivity contribution in [3.63, 3.8) is 0 Å². The predicted molar refractivity (Wildman–Crippen MR) is 124 cm³/mol. The van der Waals surface area contributed by atoms with Gasteiger partial charge in [-0.15, -0.1) is 0 Å². The summed E-state index contributed by atoms with van der Waals surface area (Å²) in [6.07, 6.45) is 1.49. The number of hydrazone groups is 1. The van der Waals surface area contributed by atoms with Gasteiger partial charge in [-0.3, -0.25) is 9.59 Å². The molecule has 3 rings (SSSR count). The van der Waals surface area contributed by atoms with Gasteiger partial charge in [0.1, 0.15) is 24.0 Å². The molecule has 0 saturated carbocycles. The molecule has 2 N–H and O–H groups in total. The summed E-state index contributed by atoms with van der Waals surface area (Å²) in [7, 11) is 1.56. The van der Waals surface area contributed by atoms with Gasteiger partial charge >= 0.3 is 0 Å². The molecular formula is C25H25N3O4. The van der Waals surface area contributed by atoms with Gasteiger partial charge in [0, 0.05) is 11.3 Å². The summed E-state index contributed by atoms with van der Waals surface area (Å²) in [5.41, 5.74) is 4.74. The second kappa shape index (κ2) is 11.3. The summed E-state index contributed by atoms with van der Waals surface area (Å²) in [4.78, 5) is 24.7. The number of carbonyl (C=O) groups excluding carboxylic acids is 2. The second-order valence-corrected chi connectivity index (χ2v) is 6.99. The minimum atomic E-state index is -0.932. The van der Waals surface area contributed by atoms with Gasteiger partial charge in [0.25, 0.3) is 5.91 Å². The number of hydrogen-bond acceptors (Lipinski definition) is 5. The minimum Gasteiger partial charge on any atom is -0.497 e. The molecule has 0 aliphatic heterocycles. The maximum atomic E-state index is 12.3. The Morgan fingerprint density at radius 3 is 2.34 bits per heavy atom. The summed E-state index contributed by atoms with van der Waals surface area (Å²) in [6, 6.07) is 24.0. The maximum Gasteiger partial charge on any atom is 0.252 e. The molecule has 0 aliphatic carbocycles. The highest BCUT2D eigenvalue weighted by Crippen LogP contribution is 2.18. The van der Waals surface area contributed by atoms with E-state index >= 15 is 0 Å². The van der Waals surface area contributed by atoms with Crippen LogP contribution in [0.4, 0.5) is 5.69 Å². The summed E-state index contributed by atoms with van der Waals surface area (Å²) in [6.45, 7) is 1.93. The van der Waals surface area contributed by atoms with Crippen molar-refractivity contribution < 1.29 is 19.1 Å². The van der Waals surface area contributed by atoms with E-state index in [1.165, 1.54) is 13.1 Å². The SMILES string of the molecule is COc1ccc(NC(=O)C(C)C(=O)NN=Cc2ccccc2OCc2ccccc2)cc1. The number of rotatable bonds is 9. The van der Waals surface area contributed by atoms with E-state index in [-0.39, 0.29) is 0 Å². The third-order valence-electron chi connectivity index (χ3n) is 4.68. The van der Waals surface area contributed by atoms with Crippen molar-refractivity contribution in [2.45, 2.75) is 13.5 Å². The molecule has 0 aromatic heterocycles. The molecule has 164 valence electrons. The first-order valence-electron chi connectivity index (χ1n) is 10.1. The molecule has 3 aromatic carbocycles. The summed E-state index contributed by atoms with van der Waals surface area (Å²) in [5.74, 6) is -0.570. The molecule has 7 heteroatoms. The van der Waals surface area contributed by atoms with Gasteiger partial charge in [0.05, 0.1) is 13.3 Å². The molecule has 7 nitrogen and oxygen atoms in total. The molecule has 1 atom stereocenters. The van der Waals surface area contributed by atoms with Crippen molar-refractivity contribution in [2.75, 3.05) is 12.4 Å². The van der Waals surface area contributed by atoms with Crippen LogP contribution in [0.2, 0.25) is 0 Å². The molecule has 32 heavy (non-hydrogen) atoms. The Kier molecular flexibility index (Phi) is 7.97. The van der Waals surface area contributed by atoms with Crippen molar-refractivity contribution in [3.8, 4) is 11.5 Å². The van der Waals surface area contributed by atoms with Crippen LogP contribution in [0.5, 0.6) is 11.5 Å². The van der Waals surface area contributed by atoms with Crippen LogP contribution in [0.3, 0.4) is 0 Å². The number of hydrogen-bond donors (Lipinski definition) is 2. The molecule has 0 bridgehead atoms. The number of nitrogens with zero attached hydrogens (tertiary/aromatic N) is 1. The first kappa shape index (κ1) is 22.6. The fraction of sp³-hybridized carbons (Fsp3) is 0.160. The van der Waals surface area contributed by atoms with E-state index in [1.807, 2.05) is 54.6 Å². The maximum absolute atomic E-state index is 12.3. The lowest BCUT2D eigenvalue weighted by Gasteiger charge is -2.11. The van der Waals surface area contributed by atoms with Gasteiger partial charge in [-0.1, -0.05) is 42.5 Å². The van der Waals surface area contributed by atoms with E-state index in [2.05, 4.69) is 15.8 Å². The number of carbonyl (C=O) groups is 2. The molecule has 0 aliphatic rings. The Hall–Kier alpha value is -4.13. The van der Waals surface area contributed by atoms with Crippen LogP contribution in [0.25, 0.3) is 0 Å². The van der Waals surface area contributed by atoms with Crippen LogP contribution in [0.1, 0.15) is 18.1 Å². The van der Waals surface area contributed by atoms with E-state index in [9.17, 15) is 9.59 Å². The van der Waals surface area contributed by atoms with E-state index in [4.69, 9.17) is 9.47 Å². The molecule has 0 saturated heterocycles. The molecule has 2 amide bonds. The van der Waals surface area contributed by atoms with Crippen LogP contribution in [0.15, 0.2) is 84.0 Å². The number of anilines is 1. The van der Waals surface area contributed by atoms with Gasteiger partial charge in [0.15, 0.2) is 0 Å². The second-order valence-electron chi connectivity index (χ2n) is 6.99. The fourth-order valence-electron chi connectivity index (χ4n) is 2.76. The topological polar surface area (TPSA) is 89.0 Å². The van der Waals surface area contributed by atoms with Gasteiger partial charge in [-0.05, 0) is 48.9 Å². The highest BCUT2D eigenvalue weighted by atomic mass is 16.5. The van der Waals surface area contributed by atoms with E-state index in [0.29, 0.717) is 29.4 Å². The van der Waals surface area contributed by atoms with Crippen LogP contribution < -0.4 is 20.2 Å². The average Bonchev–Trinajstić information content (AvgIpc) is 2.84. The Bertz CT molecular complexity index is 1070. The zero-order chi connectivity index (χ0) is 22.8. The van der Waals surface area contributed by atoms with Gasteiger partial charge < -0.3 is 14.8 Å². The van der Waals surface area contributed by atoms with Crippen molar-refractivity contribution in [1.29, 1.82) is 0 Å². The van der Waals surface area contributed by atoms with Crippen LogP contribution >= 0.6 is 0 Å². The summed E-state index contributed by atoms with van der Waals surface area (Å²) < 4.78 is 11.0. The number of benzene rings is 3. The Balaban J connectivity index is 1.54. The lowest BCUT2D eigenvalue weighted by molar-refractivity contribution is -0.131. The first-order chi connectivity index (χ1) is 15.6. The van der Waals surface area contributed by atoms with Crippen molar-refractivity contribution in [3.05, 3.63) is 90.0 Å². The largest absolute Gasteiger partial charge is 0.497 e. The Morgan fingerprint density at radius 2 is 1.62 bits per heavy atom. The van der Waals surface area contributed by atoms with Crippen molar-refractivity contribution in [2.24, 2.45) is 11.0 Å². The smallest absolute Gasteiger partial charge is 0.252 e. The number of amides is 2. The molecule has 0 radical (unpaired) electrons. The quantitative estimate of drug-likeness (QED) is 0.304. The molecule has 1 unspecified atom stereocenters. The fourth-order valence-corrected chi connectivity index (χ4v) is 2.76. The van der Waals surface area contributed by atoms with Crippen molar-refractivity contribution >= 4 is 23.7 Å². The van der Waals surface area contributed by atoms with Crippen LogP contribution in [0, 0.1) is 5.92 Å². The minimum absolute atomic E-state index is 0.417. The van der Waals surface area contributed by atoms with Crippen LogP contribution in [-0.2, 0) is 16.2 Å². The standard InChI is InChI=1S/C25H25N3O4/c1-18(24(29)27-21-12-14-22(31-2)15-13-21)25(30)28-26-16-20-10-6-7-11-23(20)32-17-19-8-4-3-5-9-19/h3-16,18H,17H2,1-2H3,(H,27,29)(H,28,30). The van der Waals surface area contributed by atoms with Crippen LogP contribution in [-0.4, -0.2) is 25.1 Å². The molecule has 0 heterocycles. The van der Waals surface area contributed by atoms with E-state index < -0.39 is 17.7 Å². The summed E-state index contributed by atoms with van der Waals surface area (Å²) >= 11 is 0. The van der Waals surface area contributed by atoms with E-state index in [1.54, 1.807) is 31.4 Å². The average molecular weight is 431 g/mol. The number of para-hydroxylation sites is 1. The molecule has 0 fully saturated rings. The summed E-state index contributed by atoms with van der Waals surface area (Å²) in [5, 5.41) is 6.69. The lowest BCUT2D eigenvalue weighted by atomic mass is 10.1. The number of nitrogens with one attached hydrogen (secondary N) is 2. The highest BCUT2D eigenvalue weighted by Gasteiger charge is 2.21. The van der Waals surface area contributed by atoms with E-state index in [0.717, 1.165) is 5.56 Å². The van der Waals surface area contributed by atoms with Crippen molar-refractivity contribution in [1.82, 2.24) is 5.43 Å². The van der Waals surface area contributed by atoms with Gasteiger partial charge in [-0.2, -0.15) is 5.10 Å². The first-order valence-corrected chi connectivity index (χ1v) is 10.1. The van der Waals surface area contributed by atoms with Gasteiger partial charge in [0.2, 0.25) is 5.91 Å². The lowest BCUT2D eigenvalue weighted by Crippen LogP contribution is -2.34. The number of methoxy groups -OCH3 is 1. The molecular weight excluding hydrogens is 406 g/mol. The molecule has 0 spiro atoms. The molecule has 3 aromatic rings. The number of ether oxygens (including phenoxy) is 2. The van der Waals surface area contributed by atoms with Gasteiger partial charge in [-0.25, -0.2) is 5.43 Å². The zero-order valence-corrected chi connectivity index (χ0v) is 17.9. The third-order valence-corrected chi connectivity index (χ3v) is 4.68. The Labute approximate surface area is 187 Å². The zero-order valence-electron chi connectivity index (χ0n) is 17.9. The Morgan fingerprint density at radius 1 is 0.938 bits per heavy atom. The monoisotopic (exact) mass is 431 g/mol. The predicted octanol–water partition coefficient (Wildman–Crippen LogP) is 4.00.